The molecule has 1 fully saturated rings. The first-order chi connectivity index (χ1) is 16.5. The summed E-state index contributed by atoms with van der Waals surface area (Å²) in [5, 5.41) is 8.26. The minimum absolute atomic E-state index is 0.175. The molecule has 4 rings (SSSR count). The number of aromatic nitrogens is 2. The minimum atomic E-state index is -0.386. The second-order valence-corrected chi connectivity index (χ2v) is 8.45. The SMILES string of the molecule is CSc1cnc(-c2ccc(NC(=O)Nc3cccc(NC(C)=O)c3)cc2)nc1N1CCOCC1. The van der Waals surface area contributed by atoms with Gasteiger partial charge in [-0.3, -0.25) is 4.79 Å². The Kier molecular flexibility index (Phi) is 7.61. The molecule has 2 heterocycles. The van der Waals surface area contributed by atoms with E-state index < -0.39 is 0 Å². The summed E-state index contributed by atoms with van der Waals surface area (Å²) in [6.45, 7) is 4.41. The third-order valence-corrected chi connectivity index (χ3v) is 5.84. The number of carbonyl (C=O) groups is 2. The highest BCUT2D eigenvalue weighted by atomic mass is 32.2. The molecule has 2 aromatic carbocycles. The van der Waals surface area contributed by atoms with E-state index in [-0.39, 0.29) is 11.9 Å². The van der Waals surface area contributed by atoms with Crippen LogP contribution in [0.3, 0.4) is 0 Å². The molecule has 3 N–H and O–H groups in total. The number of morpholine rings is 1. The summed E-state index contributed by atoms with van der Waals surface area (Å²) in [5.41, 5.74) is 2.67. The number of hydrogen-bond acceptors (Lipinski definition) is 7. The van der Waals surface area contributed by atoms with Gasteiger partial charge < -0.3 is 25.6 Å². The number of carbonyl (C=O) groups excluding carboxylic acids is 2. The van der Waals surface area contributed by atoms with Gasteiger partial charge in [-0.05, 0) is 48.7 Å². The number of amides is 3. The first-order valence-electron chi connectivity index (χ1n) is 10.8. The van der Waals surface area contributed by atoms with Gasteiger partial charge in [0, 0.05) is 48.8 Å². The van der Waals surface area contributed by atoms with Crippen molar-refractivity contribution in [3.63, 3.8) is 0 Å². The minimum Gasteiger partial charge on any atom is -0.378 e. The van der Waals surface area contributed by atoms with Crippen LogP contribution in [0.5, 0.6) is 0 Å². The molecule has 176 valence electrons. The second kappa shape index (κ2) is 11.0. The Morgan fingerprint density at radius 2 is 1.65 bits per heavy atom. The van der Waals surface area contributed by atoms with Gasteiger partial charge in [-0.15, -0.1) is 11.8 Å². The van der Waals surface area contributed by atoms with Gasteiger partial charge >= 0.3 is 6.03 Å². The van der Waals surface area contributed by atoms with Crippen LogP contribution < -0.4 is 20.9 Å². The van der Waals surface area contributed by atoms with Crippen LogP contribution in [0.15, 0.2) is 59.6 Å². The van der Waals surface area contributed by atoms with E-state index in [9.17, 15) is 9.59 Å². The molecule has 0 radical (unpaired) electrons. The summed E-state index contributed by atoms with van der Waals surface area (Å²) in [6.07, 6.45) is 3.87. The van der Waals surface area contributed by atoms with Gasteiger partial charge in [0.05, 0.1) is 18.1 Å². The third kappa shape index (κ3) is 6.03. The molecule has 0 bridgehead atoms. The molecule has 10 heteroatoms. The summed E-state index contributed by atoms with van der Waals surface area (Å²) in [4.78, 5) is 36.2. The van der Waals surface area contributed by atoms with Gasteiger partial charge in [-0.1, -0.05) is 6.07 Å². The average molecular weight is 479 g/mol. The summed E-state index contributed by atoms with van der Waals surface area (Å²) in [6, 6.07) is 13.9. The summed E-state index contributed by atoms with van der Waals surface area (Å²) >= 11 is 1.62. The van der Waals surface area contributed by atoms with Gasteiger partial charge in [0.15, 0.2) is 5.82 Å². The summed E-state index contributed by atoms with van der Waals surface area (Å²) < 4.78 is 5.46. The van der Waals surface area contributed by atoms with Crippen LogP contribution in [0, 0.1) is 0 Å². The van der Waals surface area contributed by atoms with Crippen molar-refractivity contribution in [2.45, 2.75) is 11.8 Å². The van der Waals surface area contributed by atoms with E-state index in [1.807, 2.05) is 36.7 Å². The molecule has 3 aromatic rings. The van der Waals surface area contributed by atoms with Crippen LogP contribution in [-0.2, 0) is 9.53 Å². The number of benzene rings is 2. The number of urea groups is 1. The molecule has 3 amide bonds. The number of hydrogen-bond donors (Lipinski definition) is 3. The zero-order chi connectivity index (χ0) is 23.9. The molecule has 0 aliphatic carbocycles. The molecule has 9 nitrogen and oxygen atoms in total. The lowest BCUT2D eigenvalue weighted by molar-refractivity contribution is -0.114. The lowest BCUT2D eigenvalue weighted by Crippen LogP contribution is -2.37. The Morgan fingerprint density at radius 1 is 0.971 bits per heavy atom. The number of nitrogens with zero attached hydrogens (tertiary/aromatic N) is 3. The van der Waals surface area contributed by atoms with E-state index in [1.165, 1.54) is 6.92 Å². The van der Waals surface area contributed by atoms with E-state index in [0.717, 1.165) is 29.4 Å². The number of ether oxygens (including phenoxy) is 1. The number of nitrogens with one attached hydrogen (secondary N) is 3. The van der Waals surface area contributed by atoms with E-state index in [4.69, 9.17) is 9.72 Å². The van der Waals surface area contributed by atoms with Crippen LogP contribution in [0.4, 0.5) is 27.7 Å². The van der Waals surface area contributed by atoms with Crippen LogP contribution in [-0.4, -0.2) is 54.5 Å². The normalized spacial score (nSPS) is 13.3. The second-order valence-electron chi connectivity index (χ2n) is 7.60. The molecule has 1 aromatic heterocycles. The van der Waals surface area contributed by atoms with E-state index >= 15 is 0 Å². The smallest absolute Gasteiger partial charge is 0.323 e. The molecule has 34 heavy (non-hydrogen) atoms. The van der Waals surface area contributed by atoms with Crippen molar-refractivity contribution in [3.05, 3.63) is 54.7 Å². The average Bonchev–Trinajstić information content (AvgIpc) is 2.84. The summed E-state index contributed by atoms with van der Waals surface area (Å²) in [7, 11) is 0. The number of anilines is 4. The Labute approximate surface area is 202 Å². The van der Waals surface area contributed by atoms with Crippen LogP contribution in [0.2, 0.25) is 0 Å². The Hall–Kier alpha value is -3.63. The molecule has 1 aliphatic rings. The predicted molar refractivity (Wildman–Crippen MR) is 136 cm³/mol. The monoisotopic (exact) mass is 478 g/mol. The Morgan fingerprint density at radius 3 is 2.32 bits per heavy atom. The molecular weight excluding hydrogens is 452 g/mol. The zero-order valence-corrected chi connectivity index (χ0v) is 19.8. The van der Waals surface area contributed by atoms with E-state index in [1.54, 1.807) is 36.0 Å². The fraction of sp³-hybridized carbons (Fsp3) is 0.250. The highest BCUT2D eigenvalue weighted by molar-refractivity contribution is 7.98. The van der Waals surface area contributed by atoms with Crippen molar-refractivity contribution in [1.82, 2.24) is 9.97 Å². The molecule has 0 atom stereocenters. The van der Waals surface area contributed by atoms with Crippen molar-refractivity contribution < 1.29 is 14.3 Å². The fourth-order valence-corrected chi connectivity index (χ4v) is 4.04. The van der Waals surface area contributed by atoms with Gasteiger partial charge in [-0.2, -0.15) is 0 Å². The lowest BCUT2D eigenvalue weighted by atomic mass is 10.2. The van der Waals surface area contributed by atoms with Crippen molar-refractivity contribution >= 4 is 46.6 Å². The van der Waals surface area contributed by atoms with Crippen LogP contribution in [0.25, 0.3) is 11.4 Å². The van der Waals surface area contributed by atoms with Gasteiger partial charge in [-0.25, -0.2) is 14.8 Å². The summed E-state index contributed by atoms with van der Waals surface area (Å²) in [5.74, 6) is 1.37. The third-order valence-electron chi connectivity index (χ3n) is 5.11. The van der Waals surface area contributed by atoms with Gasteiger partial charge in [0.1, 0.15) is 5.82 Å². The highest BCUT2D eigenvalue weighted by Crippen LogP contribution is 2.29. The maximum absolute atomic E-state index is 12.4. The maximum atomic E-state index is 12.4. The molecular formula is C24H26N6O3S. The number of rotatable bonds is 6. The quantitative estimate of drug-likeness (QED) is 0.453. The molecule has 1 saturated heterocycles. The lowest BCUT2D eigenvalue weighted by Gasteiger charge is -2.29. The van der Waals surface area contributed by atoms with E-state index in [2.05, 4.69) is 25.8 Å². The van der Waals surface area contributed by atoms with Crippen LogP contribution in [0.1, 0.15) is 6.92 Å². The molecule has 0 saturated carbocycles. The van der Waals surface area contributed by atoms with Gasteiger partial charge in [0.25, 0.3) is 0 Å². The number of thioether (sulfide) groups is 1. The molecule has 0 unspecified atom stereocenters. The van der Waals surface area contributed by atoms with Crippen molar-refractivity contribution in [2.75, 3.05) is 53.4 Å². The molecule has 0 spiro atoms. The van der Waals surface area contributed by atoms with E-state index in [0.29, 0.717) is 36.1 Å². The Bertz CT molecular complexity index is 1170. The highest BCUT2D eigenvalue weighted by Gasteiger charge is 2.18. The molecule has 1 aliphatic heterocycles. The van der Waals surface area contributed by atoms with Crippen molar-refractivity contribution in [2.24, 2.45) is 0 Å². The topological polar surface area (TPSA) is 108 Å². The Balaban J connectivity index is 1.43. The fourth-order valence-electron chi connectivity index (χ4n) is 3.52. The standard InChI is InChI=1S/C24H26N6O3S/c1-16(31)26-19-4-3-5-20(14-19)28-24(32)27-18-8-6-17(7-9-18)22-25-15-21(34-2)23(29-22)30-10-12-33-13-11-30/h3-9,14-15H,10-13H2,1-2H3,(H,26,31)(H2,27,28,32). The first kappa shape index (κ1) is 23.5. The first-order valence-corrected chi connectivity index (χ1v) is 12.0. The van der Waals surface area contributed by atoms with Crippen LogP contribution >= 0.6 is 11.8 Å². The predicted octanol–water partition coefficient (Wildman–Crippen LogP) is 4.30. The zero-order valence-electron chi connectivity index (χ0n) is 19.0. The maximum Gasteiger partial charge on any atom is 0.323 e. The van der Waals surface area contributed by atoms with Gasteiger partial charge in [0.2, 0.25) is 5.91 Å². The largest absolute Gasteiger partial charge is 0.378 e. The van der Waals surface area contributed by atoms with Crippen molar-refractivity contribution in [3.8, 4) is 11.4 Å². The van der Waals surface area contributed by atoms with Crippen molar-refractivity contribution in [1.29, 1.82) is 0 Å².